The van der Waals surface area contributed by atoms with E-state index in [0.717, 1.165) is 6.42 Å². The maximum Gasteiger partial charge on any atom is 0.262 e. The normalized spacial score (nSPS) is 18.0. The van der Waals surface area contributed by atoms with Crippen molar-refractivity contribution in [1.82, 2.24) is 4.90 Å². The van der Waals surface area contributed by atoms with Crippen LogP contribution in [-0.2, 0) is 9.59 Å². The zero-order valence-corrected chi connectivity index (χ0v) is 15.7. The van der Waals surface area contributed by atoms with E-state index < -0.39 is 6.04 Å². The largest absolute Gasteiger partial charge is 0.482 e. The molecule has 1 atom stereocenters. The third-order valence-electron chi connectivity index (χ3n) is 4.80. The van der Waals surface area contributed by atoms with Gasteiger partial charge in [0.2, 0.25) is 5.91 Å². The molecule has 2 aromatic rings. The Morgan fingerprint density at radius 1 is 1.25 bits per heavy atom. The second-order valence-electron chi connectivity index (χ2n) is 6.67. The van der Waals surface area contributed by atoms with Crippen molar-refractivity contribution < 1.29 is 19.1 Å². The van der Waals surface area contributed by atoms with Gasteiger partial charge in [-0.2, -0.15) is 0 Å². The van der Waals surface area contributed by atoms with Crippen LogP contribution < -0.4 is 15.4 Å². The smallest absolute Gasteiger partial charge is 0.262 e. The number of ether oxygens (including phenoxy) is 1. The number of hydrogen-bond donors (Lipinski definition) is 2. The lowest BCUT2D eigenvalue weighted by Crippen LogP contribution is -2.40. The molecule has 1 fully saturated rings. The van der Waals surface area contributed by atoms with Crippen molar-refractivity contribution in [2.75, 3.05) is 23.8 Å². The quantitative estimate of drug-likeness (QED) is 0.827. The van der Waals surface area contributed by atoms with Crippen LogP contribution in [0.4, 0.5) is 11.4 Å². The second kappa shape index (κ2) is 7.52. The van der Waals surface area contributed by atoms with Crippen LogP contribution in [0.3, 0.4) is 0 Å². The van der Waals surface area contributed by atoms with E-state index >= 15 is 0 Å². The van der Waals surface area contributed by atoms with E-state index in [1.165, 1.54) is 0 Å². The molecule has 1 saturated heterocycles. The number of carbonyl (C=O) groups is 3. The standard InChI is InChI=1S/C20H18ClN3O4/c21-14-4-1-2-6-17(14)28-11-18(25)22-12-7-8-15-13(10-12)20(27)24-9-3-5-16(24)19(26)23-15/h1-2,4,6-8,10,16H,3,5,9,11H2,(H,22,25)(H,23,26)/t16-/m1/s1. The maximum atomic E-state index is 12.8. The number of fused-ring (bicyclic) bond motifs is 2. The van der Waals surface area contributed by atoms with Crippen LogP contribution in [-0.4, -0.2) is 41.8 Å². The van der Waals surface area contributed by atoms with Crippen molar-refractivity contribution in [3.8, 4) is 5.75 Å². The Balaban J connectivity index is 1.47. The van der Waals surface area contributed by atoms with Crippen LogP contribution in [0, 0.1) is 0 Å². The van der Waals surface area contributed by atoms with Gasteiger partial charge in [0.05, 0.1) is 16.3 Å². The summed E-state index contributed by atoms with van der Waals surface area (Å²) < 4.78 is 5.42. The highest BCUT2D eigenvalue weighted by Crippen LogP contribution is 2.30. The number of rotatable bonds is 4. The number of anilines is 2. The Labute approximate surface area is 166 Å². The molecule has 0 aromatic heterocycles. The SMILES string of the molecule is O=C(COc1ccccc1Cl)Nc1ccc2c(c1)C(=O)N1CCC[C@@H]1C(=O)N2. The number of nitrogens with zero attached hydrogens (tertiary/aromatic N) is 1. The molecule has 28 heavy (non-hydrogen) atoms. The molecule has 2 aliphatic rings. The zero-order chi connectivity index (χ0) is 19.7. The van der Waals surface area contributed by atoms with E-state index in [4.69, 9.17) is 16.3 Å². The van der Waals surface area contributed by atoms with Gasteiger partial charge in [0.15, 0.2) is 6.61 Å². The molecule has 0 unspecified atom stereocenters. The Bertz CT molecular complexity index is 962. The van der Waals surface area contributed by atoms with E-state index in [-0.39, 0.29) is 24.3 Å². The third-order valence-corrected chi connectivity index (χ3v) is 5.12. The minimum atomic E-state index is -0.429. The number of hydrogen-bond acceptors (Lipinski definition) is 4. The predicted octanol–water partition coefficient (Wildman–Crippen LogP) is 2.91. The molecule has 8 heteroatoms. The van der Waals surface area contributed by atoms with Gasteiger partial charge in [0.25, 0.3) is 11.8 Å². The van der Waals surface area contributed by atoms with Crippen LogP contribution in [0.1, 0.15) is 23.2 Å². The van der Waals surface area contributed by atoms with Crippen molar-refractivity contribution in [3.63, 3.8) is 0 Å². The van der Waals surface area contributed by atoms with E-state index in [1.807, 2.05) is 0 Å². The van der Waals surface area contributed by atoms with Crippen molar-refractivity contribution in [3.05, 3.63) is 53.1 Å². The first-order valence-electron chi connectivity index (χ1n) is 8.96. The van der Waals surface area contributed by atoms with Gasteiger partial charge in [-0.05, 0) is 43.2 Å². The molecular formula is C20H18ClN3O4. The van der Waals surface area contributed by atoms with E-state index in [1.54, 1.807) is 47.4 Å². The van der Waals surface area contributed by atoms with E-state index in [9.17, 15) is 14.4 Å². The lowest BCUT2D eigenvalue weighted by atomic mass is 10.1. The first-order valence-corrected chi connectivity index (χ1v) is 9.34. The Morgan fingerprint density at radius 2 is 2.07 bits per heavy atom. The molecule has 4 rings (SSSR count). The average Bonchev–Trinajstić information content (AvgIpc) is 3.15. The van der Waals surface area contributed by atoms with Crippen LogP contribution in [0.2, 0.25) is 5.02 Å². The van der Waals surface area contributed by atoms with Gasteiger partial charge in [0.1, 0.15) is 11.8 Å². The number of nitrogens with one attached hydrogen (secondary N) is 2. The molecule has 2 aliphatic heterocycles. The number of para-hydroxylation sites is 1. The van der Waals surface area contributed by atoms with Crippen LogP contribution in [0.5, 0.6) is 5.75 Å². The van der Waals surface area contributed by atoms with E-state index in [0.29, 0.717) is 40.7 Å². The highest BCUT2D eigenvalue weighted by atomic mass is 35.5. The van der Waals surface area contributed by atoms with Crippen molar-refractivity contribution in [2.24, 2.45) is 0 Å². The fourth-order valence-corrected chi connectivity index (χ4v) is 3.65. The highest BCUT2D eigenvalue weighted by Gasteiger charge is 2.38. The average molecular weight is 400 g/mol. The molecule has 0 radical (unpaired) electrons. The Morgan fingerprint density at radius 3 is 2.89 bits per heavy atom. The fourth-order valence-electron chi connectivity index (χ4n) is 3.46. The number of halogens is 1. The van der Waals surface area contributed by atoms with Crippen molar-refractivity contribution in [1.29, 1.82) is 0 Å². The summed E-state index contributed by atoms with van der Waals surface area (Å²) in [5.74, 6) is -0.350. The Kier molecular flexibility index (Phi) is 4.92. The van der Waals surface area contributed by atoms with Gasteiger partial charge in [-0.1, -0.05) is 23.7 Å². The minimum absolute atomic E-state index is 0.172. The van der Waals surface area contributed by atoms with Crippen LogP contribution in [0.25, 0.3) is 0 Å². The molecule has 3 amide bonds. The third kappa shape index (κ3) is 3.53. The first kappa shape index (κ1) is 18.3. The van der Waals surface area contributed by atoms with Gasteiger partial charge in [-0.25, -0.2) is 0 Å². The summed E-state index contributed by atoms with van der Waals surface area (Å²) in [6, 6.07) is 11.3. The molecule has 0 spiro atoms. The van der Waals surface area contributed by atoms with Gasteiger partial charge in [0, 0.05) is 12.2 Å². The molecular weight excluding hydrogens is 382 g/mol. The van der Waals surface area contributed by atoms with E-state index in [2.05, 4.69) is 10.6 Å². The fraction of sp³-hybridized carbons (Fsp3) is 0.250. The molecule has 144 valence electrons. The zero-order valence-electron chi connectivity index (χ0n) is 14.9. The van der Waals surface area contributed by atoms with Crippen LogP contribution >= 0.6 is 11.6 Å². The van der Waals surface area contributed by atoms with Crippen molar-refractivity contribution >= 4 is 40.7 Å². The van der Waals surface area contributed by atoms with Crippen molar-refractivity contribution in [2.45, 2.75) is 18.9 Å². The topological polar surface area (TPSA) is 87.7 Å². The summed E-state index contributed by atoms with van der Waals surface area (Å²) in [4.78, 5) is 38.9. The monoisotopic (exact) mass is 399 g/mol. The van der Waals surface area contributed by atoms with Gasteiger partial charge < -0.3 is 20.3 Å². The highest BCUT2D eigenvalue weighted by molar-refractivity contribution is 6.32. The Hall–Kier alpha value is -3.06. The summed E-state index contributed by atoms with van der Waals surface area (Å²) >= 11 is 6.00. The summed E-state index contributed by atoms with van der Waals surface area (Å²) in [5.41, 5.74) is 1.27. The molecule has 2 aromatic carbocycles. The second-order valence-corrected chi connectivity index (χ2v) is 7.08. The van der Waals surface area contributed by atoms with Gasteiger partial charge in [-0.3, -0.25) is 14.4 Å². The molecule has 2 N–H and O–H groups in total. The number of amides is 3. The molecule has 0 bridgehead atoms. The summed E-state index contributed by atoms with van der Waals surface area (Å²) in [6.45, 7) is 0.332. The lowest BCUT2D eigenvalue weighted by Gasteiger charge is -2.20. The first-order chi connectivity index (χ1) is 13.5. The summed E-state index contributed by atoms with van der Waals surface area (Å²) in [6.07, 6.45) is 1.46. The lowest BCUT2D eigenvalue weighted by molar-refractivity contribution is -0.119. The van der Waals surface area contributed by atoms with Gasteiger partial charge in [-0.15, -0.1) is 0 Å². The van der Waals surface area contributed by atoms with Gasteiger partial charge >= 0.3 is 0 Å². The molecule has 0 saturated carbocycles. The molecule has 2 heterocycles. The molecule has 7 nitrogen and oxygen atoms in total. The summed E-state index contributed by atoms with van der Waals surface area (Å²) in [7, 11) is 0. The number of carbonyl (C=O) groups excluding carboxylic acids is 3. The van der Waals surface area contributed by atoms with Crippen LogP contribution in [0.15, 0.2) is 42.5 Å². The predicted molar refractivity (Wildman–Crippen MR) is 105 cm³/mol. The minimum Gasteiger partial charge on any atom is -0.482 e. The maximum absolute atomic E-state index is 12.8. The number of benzene rings is 2. The molecule has 0 aliphatic carbocycles. The summed E-state index contributed by atoms with van der Waals surface area (Å²) in [5, 5.41) is 5.93.